The highest BCUT2D eigenvalue weighted by molar-refractivity contribution is 5.94. The number of carbonyl (C=O) groups is 2. The van der Waals surface area contributed by atoms with Crippen LogP contribution in [0.2, 0.25) is 0 Å². The molecular weight excluding hydrogens is 266 g/mol. The van der Waals surface area contributed by atoms with Crippen LogP contribution >= 0.6 is 0 Å². The van der Waals surface area contributed by atoms with Gasteiger partial charge in [0.05, 0.1) is 5.92 Å². The third-order valence-electron chi connectivity index (χ3n) is 4.31. The van der Waals surface area contributed by atoms with Gasteiger partial charge in [0.2, 0.25) is 5.91 Å². The summed E-state index contributed by atoms with van der Waals surface area (Å²) in [6.45, 7) is 6.13. The van der Waals surface area contributed by atoms with Gasteiger partial charge in [-0.1, -0.05) is 17.7 Å². The molecule has 1 aromatic carbocycles. The Balaban J connectivity index is 1.56. The van der Waals surface area contributed by atoms with E-state index in [0.29, 0.717) is 26.2 Å². The van der Waals surface area contributed by atoms with Crippen LogP contribution in [0, 0.1) is 12.8 Å². The summed E-state index contributed by atoms with van der Waals surface area (Å²) in [5.74, 6) is 0.438. The zero-order valence-corrected chi connectivity index (χ0v) is 12.3. The van der Waals surface area contributed by atoms with Gasteiger partial charge in [0.25, 0.3) is 5.91 Å². The highest BCUT2D eigenvalue weighted by Crippen LogP contribution is 2.13. The van der Waals surface area contributed by atoms with Crippen molar-refractivity contribution in [1.29, 1.82) is 0 Å². The summed E-state index contributed by atoms with van der Waals surface area (Å²) in [7, 11) is 0. The molecule has 5 heteroatoms. The predicted octanol–water partition coefficient (Wildman–Crippen LogP) is 0.499. The largest absolute Gasteiger partial charge is 0.339 e. The molecule has 0 aromatic heterocycles. The number of piperazine rings is 1. The van der Waals surface area contributed by atoms with Gasteiger partial charge >= 0.3 is 0 Å². The number of hydrogen-bond donors (Lipinski definition) is 1. The fourth-order valence-electron chi connectivity index (χ4n) is 2.73. The molecule has 2 heterocycles. The summed E-state index contributed by atoms with van der Waals surface area (Å²) in [6, 6.07) is 7.65. The van der Waals surface area contributed by atoms with E-state index in [1.807, 2.05) is 41.0 Å². The molecule has 3 rings (SSSR count). The predicted molar refractivity (Wildman–Crippen MR) is 80.0 cm³/mol. The van der Waals surface area contributed by atoms with E-state index in [2.05, 4.69) is 5.32 Å². The monoisotopic (exact) mass is 287 g/mol. The van der Waals surface area contributed by atoms with Crippen LogP contribution in [0.1, 0.15) is 15.9 Å². The maximum atomic E-state index is 12.4. The molecule has 2 aliphatic heterocycles. The highest BCUT2D eigenvalue weighted by atomic mass is 16.2. The minimum absolute atomic E-state index is 0.0624. The first-order chi connectivity index (χ1) is 10.1. The van der Waals surface area contributed by atoms with E-state index in [1.165, 1.54) is 0 Å². The van der Waals surface area contributed by atoms with Gasteiger partial charge in [0.15, 0.2) is 0 Å². The molecule has 0 saturated carbocycles. The van der Waals surface area contributed by atoms with Crippen LogP contribution in [0.5, 0.6) is 0 Å². The second-order valence-corrected chi connectivity index (χ2v) is 5.84. The van der Waals surface area contributed by atoms with E-state index in [9.17, 15) is 9.59 Å². The lowest BCUT2D eigenvalue weighted by Crippen LogP contribution is -2.57. The Bertz CT molecular complexity index is 529. The summed E-state index contributed by atoms with van der Waals surface area (Å²) >= 11 is 0. The summed E-state index contributed by atoms with van der Waals surface area (Å²) in [6.07, 6.45) is 0. The number of rotatable bonds is 2. The Morgan fingerprint density at radius 2 is 1.57 bits per heavy atom. The van der Waals surface area contributed by atoms with E-state index in [0.717, 1.165) is 24.2 Å². The van der Waals surface area contributed by atoms with Gasteiger partial charge in [-0.25, -0.2) is 0 Å². The van der Waals surface area contributed by atoms with Crippen molar-refractivity contribution in [1.82, 2.24) is 15.1 Å². The number of carbonyl (C=O) groups excluding carboxylic acids is 2. The first-order valence-corrected chi connectivity index (χ1v) is 7.50. The lowest BCUT2D eigenvalue weighted by molar-refractivity contribution is -0.138. The van der Waals surface area contributed by atoms with Crippen molar-refractivity contribution >= 4 is 11.8 Å². The molecule has 0 bridgehead atoms. The van der Waals surface area contributed by atoms with Crippen LogP contribution in [0.3, 0.4) is 0 Å². The lowest BCUT2D eigenvalue weighted by Gasteiger charge is -2.38. The molecule has 2 aliphatic rings. The lowest BCUT2D eigenvalue weighted by atomic mass is 10.0. The summed E-state index contributed by atoms with van der Waals surface area (Å²) in [5.41, 5.74) is 1.87. The third kappa shape index (κ3) is 2.93. The summed E-state index contributed by atoms with van der Waals surface area (Å²) in [5, 5.41) is 3.12. The van der Waals surface area contributed by atoms with Crippen molar-refractivity contribution in [2.24, 2.45) is 5.92 Å². The minimum Gasteiger partial charge on any atom is -0.339 e. The van der Waals surface area contributed by atoms with E-state index >= 15 is 0 Å². The Morgan fingerprint density at radius 3 is 2.10 bits per heavy atom. The van der Waals surface area contributed by atoms with Crippen molar-refractivity contribution < 1.29 is 9.59 Å². The van der Waals surface area contributed by atoms with E-state index in [4.69, 9.17) is 0 Å². The van der Waals surface area contributed by atoms with Gasteiger partial charge in [-0.15, -0.1) is 0 Å². The Hall–Kier alpha value is -1.88. The quantitative estimate of drug-likeness (QED) is 0.862. The molecule has 112 valence electrons. The molecule has 2 amide bonds. The molecule has 21 heavy (non-hydrogen) atoms. The fourth-order valence-corrected chi connectivity index (χ4v) is 2.73. The summed E-state index contributed by atoms with van der Waals surface area (Å²) in [4.78, 5) is 28.3. The number of nitrogens with zero attached hydrogens (tertiary/aromatic N) is 2. The van der Waals surface area contributed by atoms with Gasteiger partial charge in [-0.05, 0) is 19.1 Å². The number of aryl methyl sites for hydroxylation is 1. The zero-order valence-electron chi connectivity index (χ0n) is 12.3. The molecule has 1 aromatic rings. The average molecular weight is 287 g/mol. The maximum Gasteiger partial charge on any atom is 0.253 e. The number of amides is 2. The number of hydrogen-bond acceptors (Lipinski definition) is 3. The molecule has 5 nitrogen and oxygen atoms in total. The summed E-state index contributed by atoms with van der Waals surface area (Å²) < 4.78 is 0. The molecule has 1 N–H and O–H groups in total. The zero-order chi connectivity index (χ0) is 14.8. The molecule has 0 aliphatic carbocycles. The fraction of sp³-hybridized carbons (Fsp3) is 0.500. The molecular formula is C16H21N3O2. The van der Waals surface area contributed by atoms with Crippen molar-refractivity contribution in [3.63, 3.8) is 0 Å². The van der Waals surface area contributed by atoms with Gasteiger partial charge in [-0.2, -0.15) is 0 Å². The van der Waals surface area contributed by atoms with Crippen LogP contribution in [0.4, 0.5) is 0 Å². The van der Waals surface area contributed by atoms with E-state index in [1.54, 1.807) is 0 Å². The maximum absolute atomic E-state index is 12.4. The van der Waals surface area contributed by atoms with Gasteiger partial charge in [0.1, 0.15) is 0 Å². The van der Waals surface area contributed by atoms with Crippen LogP contribution in [0.25, 0.3) is 0 Å². The van der Waals surface area contributed by atoms with E-state index < -0.39 is 0 Å². The third-order valence-corrected chi connectivity index (χ3v) is 4.31. The SMILES string of the molecule is Cc1ccc(C(=O)N2CCN(C(=O)C3CNC3)CC2)cc1. The normalized spacial score (nSPS) is 19.3. The van der Waals surface area contributed by atoms with Crippen LogP contribution in [0.15, 0.2) is 24.3 Å². The van der Waals surface area contributed by atoms with Crippen LogP contribution in [-0.2, 0) is 4.79 Å². The molecule has 0 radical (unpaired) electrons. The molecule has 0 spiro atoms. The smallest absolute Gasteiger partial charge is 0.253 e. The van der Waals surface area contributed by atoms with Crippen LogP contribution in [-0.4, -0.2) is 60.9 Å². The highest BCUT2D eigenvalue weighted by Gasteiger charge is 2.32. The van der Waals surface area contributed by atoms with E-state index in [-0.39, 0.29) is 17.7 Å². The van der Waals surface area contributed by atoms with Gasteiger partial charge in [0, 0.05) is 44.8 Å². The Labute approximate surface area is 124 Å². The van der Waals surface area contributed by atoms with Gasteiger partial charge < -0.3 is 15.1 Å². The number of benzene rings is 1. The van der Waals surface area contributed by atoms with Crippen molar-refractivity contribution in [2.45, 2.75) is 6.92 Å². The molecule has 0 atom stereocenters. The average Bonchev–Trinajstić information content (AvgIpc) is 2.46. The second-order valence-electron chi connectivity index (χ2n) is 5.84. The van der Waals surface area contributed by atoms with Crippen molar-refractivity contribution in [2.75, 3.05) is 39.3 Å². The van der Waals surface area contributed by atoms with Gasteiger partial charge in [-0.3, -0.25) is 9.59 Å². The molecule has 2 fully saturated rings. The standard InChI is InChI=1S/C16H21N3O2/c1-12-2-4-13(5-3-12)15(20)18-6-8-19(9-7-18)16(21)14-10-17-11-14/h2-5,14,17H,6-11H2,1H3. The van der Waals surface area contributed by atoms with Crippen molar-refractivity contribution in [3.05, 3.63) is 35.4 Å². The topological polar surface area (TPSA) is 52.7 Å². The molecule has 2 saturated heterocycles. The minimum atomic E-state index is 0.0624. The first kappa shape index (κ1) is 14.1. The van der Waals surface area contributed by atoms with Crippen molar-refractivity contribution in [3.8, 4) is 0 Å². The van der Waals surface area contributed by atoms with Crippen LogP contribution < -0.4 is 5.32 Å². The number of nitrogens with one attached hydrogen (secondary N) is 1. The Morgan fingerprint density at radius 1 is 1.00 bits per heavy atom. The first-order valence-electron chi connectivity index (χ1n) is 7.50. The second kappa shape index (κ2) is 5.85. The molecule has 0 unspecified atom stereocenters. The Kier molecular flexibility index (Phi) is 3.92.